The number of benzene rings is 2. The monoisotopic (exact) mass is 617 g/mol. The van der Waals surface area contributed by atoms with Crippen LogP contribution in [0.15, 0.2) is 48.0 Å². The van der Waals surface area contributed by atoms with Crippen LogP contribution in [0.5, 0.6) is 11.5 Å². The first-order valence-electron chi connectivity index (χ1n) is 18.1. The zero-order valence-corrected chi connectivity index (χ0v) is 28.5. The number of hydrogen-bond acceptors (Lipinski definition) is 5. The Bertz CT molecular complexity index is 1180. The highest BCUT2D eigenvalue weighted by Gasteiger charge is 2.30. The molecule has 2 aromatic rings. The van der Waals surface area contributed by atoms with Crippen LogP contribution in [-0.2, 0) is 22.5 Å². The smallest absolute Gasteiger partial charge is 0.311 e. The number of unbranched alkanes of at least 4 members (excludes halogenated alkanes) is 12. The van der Waals surface area contributed by atoms with E-state index in [9.17, 15) is 4.79 Å². The molecule has 1 heterocycles. The zero-order chi connectivity index (χ0) is 31.7. The lowest BCUT2D eigenvalue weighted by atomic mass is 9.89. The second kappa shape index (κ2) is 19.7. The lowest BCUT2D eigenvalue weighted by Crippen LogP contribution is -2.33. The van der Waals surface area contributed by atoms with Crippen LogP contribution in [0.3, 0.4) is 0 Å². The van der Waals surface area contributed by atoms with Gasteiger partial charge in [-0.05, 0) is 79.9 Å². The summed E-state index contributed by atoms with van der Waals surface area (Å²) in [6, 6.07) is 14.8. The van der Waals surface area contributed by atoms with E-state index in [1.54, 1.807) is 14.2 Å². The van der Waals surface area contributed by atoms with Crippen molar-refractivity contribution in [1.82, 2.24) is 4.90 Å². The van der Waals surface area contributed by atoms with Crippen LogP contribution in [-0.4, -0.2) is 38.2 Å². The summed E-state index contributed by atoms with van der Waals surface area (Å²) in [5.41, 5.74) is 4.78. The number of fused-ring (bicyclic) bond motifs is 1. The predicted molar refractivity (Wildman–Crippen MR) is 186 cm³/mol. The third kappa shape index (κ3) is 11.5. The van der Waals surface area contributed by atoms with E-state index in [0.717, 1.165) is 68.0 Å². The fraction of sp³-hybridized carbons (Fsp3) is 0.625. The van der Waals surface area contributed by atoms with E-state index >= 15 is 0 Å². The highest BCUT2D eigenvalue weighted by Crippen LogP contribution is 2.43. The van der Waals surface area contributed by atoms with Gasteiger partial charge in [0.05, 0.1) is 14.2 Å². The van der Waals surface area contributed by atoms with Gasteiger partial charge in [0, 0.05) is 18.5 Å². The number of carbonyl (C=O) groups is 1. The Hall–Kier alpha value is -2.79. The van der Waals surface area contributed by atoms with Gasteiger partial charge in [-0.1, -0.05) is 114 Å². The lowest BCUT2D eigenvalue weighted by molar-refractivity contribution is -0.136. The molecule has 0 radical (unpaired) electrons. The summed E-state index contributed by atoms with van der Waals surface area (Å²) in [5.74, 6) is 2.67. The first kappa shape index (κ1) is 35.1. The van der Waals surface area contributed by atoms with Gasteiger partial charge in [-0.2, -0.15) is 0 Å². The summed E-state index contributed by atoms with van der Waals surface area (Å²) in [6.07, 6.45) is 21.4. The Kier molecular flexibility index (Phi) is 15.3. The molecular weight excluding hydrogens is 558 g/mol. The van der Waals surface area contributed by atoms with Crippen LogP contribution in [0, 0.1) is 5.92 Å². The highest BCUT2D eigenvalue weighted by atomic mass is 16.5. The molecule has 0 atom stereocenters. The predicted octanol–water partition coefficient (Wildman–Crippen LogP) is 10.3. The largest absolute Gasteiger partial charge is 0.493 e. The number of ether oxygens (including phenoxy) is 3. The van der Waals surface area contributed by atoms with Gasteiger partial charge in [0.15, 0.2) is 11.5 Å². The van der Waals surface area contributed by atoms with Crippen LogP contribution >= 0.6 is 0 Å². The number of hydrogen-bond donors (Lipinski definition) is 0. The third-order valence-corrected chi connectivity index (χ3v) is 9.77. The summed E-state index contributed by atoms with van der Waals surface area (Å²) in [5, 5.41) is 0. The van der Waals surface area contributed by atoms with Crippen molar-refractivity contribution < 1.29 is 19.0 Å². The minimum absolute atomic E-state index is 0.106. The van der Waals surface area contributed by atoms with Crippen molar-refractivity contribution in [2.24, 2.45) is 5.92 Å². The van der Waals surface area contributed by atoms with E-state index < -0.39 is 0 Å². The maximum atomic E-state index is 13.1. The molecule has 1 aliphatic heterocycles. The minimum atomic E-state index is -0.106. The number of allylic oxidation sites excluding steroid dienone is 1. The molecule has 5 nitrogen and oxygen atoms in total. The van der Waals surface area contributed by atoms with Crippen LogP contribution in [0.4, 0.5) is 0 Å². The molecule has 0 unspecified atom stereocenters. The van der Waals surface area contributed by atoms with Crippen LogP contribution < -0.4 is 9.47 Å². The molecule has 0 amide bonds. The maximum Gasteiger partial charge on any atom is 0.311 e. The molecule has 1 aliphatic carbocycles. The van der Waals surface area contributed by atoms with Gasteiger partial charge in [-0.25, -0.2) is 0 Å². The summed E-state index contributed by atoms with van der Waals surface area (Å²) < 4.78 is 17.4. The molecule has 1 fully saturated rings. The number of esters is 1. The van der Waals surface area contributed by atoms with Gasteiger partial charge in [0.2, 0.25) is 0 Å². The molecule has 2 aliphatic rings. The van der Waals surface area contributed by atoms with Gasteiger partial charge < -0.3 is 14.2 Å². The third-order valence-electron chi connectivity index (χ3n) is 9.77. The molecule has 45 heavy (non-hydrogen) atoms. The molecule has 2 aromatic carbocycles. The van der Waals surface area contributed by atoms with Crippen molar-refractivity contribution in [2.45, 2.75) is 129 Å². The second-order valence-corrected chi connectivity index (χ2v) is 13.3. The first-order chi connectivity index (χ1) is 22.1. The Morgan fingerprint density at radius 2 is 1.36 bits per heavy atom. The topological polar surface area (TPSA) is 48.0 Å². The van der Waals surface area contributed by atoms with Crippen molar-refractivity contribution in [2.75, 3.05) is 27.3 Å². The maximum absolute atomic E-state index is 13.1. The van der Waals surface area contributed by atoms with E-state index in [4.69, 9.17) is 14.2 Å². The standard InChI is InChI=1S/C40H59NO4/c1-4-5-6-7-8-9-10-11-12-13-14-15-19-22-39(42)45-40-35(28-34-29-37(43-2)38(44-3)30-36(34)40)27-32-23-25-41(26-24-32)31-33-20-17-16-18-21-33/h16-18,20-21,29-30,32H,4-15,19,22-28,31H2,1-3H3. The van der Waals surface area contributed by atoms with Crippen molar-refractivity contribution in [3.8, 4) is 11.5 Å². The normalized spacial score (nSPS) is 15.4. The van der Waals surface area contributed by atoms with Crippen molar-refractivity contribution in [3.05, 3.63) is 64.7 Å². The van der Waals surface area contributed by atoms with E-state index in [2.05, 4.69) is 48.2 Å². The number of piperidine rings is 1. The molecule has 0 bridgehead atoms. The van der Waals surface area contributed by atoms with Crippen LogP contribution in [0.2, 0.25) is 0 Å². The average Bonchev–Trinajstić information content (AvgIpc) is 3.38. The number of nitrogens with zero attached hydrogens (tertiary/aromatic N) is 1. The molecule has 0 aromatic heterocycles. The van der Waals surface area contributed by atoms with E-state index in [0.29, 0.717) is 18.1 Å². The number of rotatable bonds is 21. The zero-order valence-electron chi connectivity index (χ0n) is 28.5. The van der Waals surface area contributed by atoms with Gasteiger partial charge in [-0.3, -0.25) is 9.69 Å². The van der Waals surface area contributed by atoms with E-state index in [1.165, 1.54) is 94.6 Å². The molecule has 5 heteroatoms. The van der Waals surface area contributed by atoms with Crippen LogP contribution in [0.25, 0.3) is 5.76 Å². The fourth-order valence-corrected chi connectivity index (χ4v) is 7.06. The fourth-order valence-electron chi connectivity index (χ4n) is 7.06. The molecular formula is C40H59NO4. The van der Waals surface area contributed by atoms with Gasteiger partial charge in [-0.15, -0.1) is 0 Å². The quantitative estimate of drug-likeness (QED) is 0.103. The Morgan fingerprint density at radius 1 is 0.778 bits per heavy atom. The van der Waals surface area contributed by atoms with Crippen molar-refractivity contribution >= 4 is 11.7 Å². The Morgan fingerprint density at radius 3 is 1.96 bits per heavy atom. The molecule has 1 saturated heterocycles. The molecule has 248 valence electrons. The van der Waals surface area contributed by atoms with E-state index in [-0.39, 0.29) is 5.97 Å². The summed E-state index contributed by atoms with van der Waals surface area (Å²) in [7, 11) is 3.33. The van der Waals surface area contributed by atoms with Gasteiger partial charge in [0.1, 0.15) is 5.76 Å². The number of likely N-dealkylation sites (tertiary alicyclic amines) is 1. The number of methoxy groups -OCH3 is 2. The molecule has 0 spiro atoms. The number of carbonyl (C=O) groups excluding carboxylic acids is 1. The SMILES string of the molecule is CCCCCCCCCCCCCCCC(=O)OC1=C(CC2CCN(Cc3ccccc3)CC2)Cc2cc(OC)c(OC)cc21. The molecule has 0 N–H and O–H groups in total. The minimum Gasteiger partial charge on any atom is -0.493 e. The summed E-state index contributed by atoms with van der Waals surface area (Å²) in [6.45, 7) is 5.51. The average molecular weight is 618 g/mol. The van der Waals surface area contributed by atoms with E-state index in [1.807, 2.05) is 6.07 Å². The second-order valence-electron chi connectivity index (χ2n) is 13.3. The van der Waals surface area contributed by atoms with Gasteiger partial charge in [0.25, 0.3) is 0 Å². The molecule has 4 rings (SSSR count). The summed E-state index contributed by atoms with van der Waals surface area (Å²) >= 11 is 0. The highest BCUT2D eigenvalue weighted by molar-refractivity contribution is 5.83. The Labute approximate surface area is 273 Å². The Balaban J connectivity index is 1.24. The first-order valence-corrected chi connectivity index (χ1v) is 18.1. The molecule has 0 saturated carbocycles. The summed E-state index contributed by atoms with van der Waals surface area (Å²) in [4.78, 5) is 15.7. The van der Waals surface area contributed by atoms with Crippen LogP contribution in [0.1, 0.15) is 133 Å². The van der Waals surface area contributed by atoms with Crippen molar-refractivity contribution in [1.29, 1.82) is 0 Å². The lowest BCUT2D eigenvalue weighted by Gasteiger charge is -2.32. The van der Waals surface area contributed by atoms with Gasteiger partial charge >= 0.3 is 5.97 Å². The van der Waals surface area contributed by atoms with Crippen molar-refractivity contribution in [3.63, 3.8) is 0 Å².